The number of nitrogens with one attached hydrogen (secondary N) is 1. The van der Waals surface area contributed by atoms with Crippen molar-refractivity contribution in [1.82, 2.24) is 5.32 Å². The predicted molar refractivity (Wildman–Crippen MR) is 66.0 cm³/mol. The molecule has 0 aromatic rings. The molecular weight excluding hydrogens is 212 g/mol. The highest BCUT2D eigenvalue weighted by molar-refractivity contribution is 5.85. The van der Waals surface area contributed by atoms with Crippen LogP contribution < -0.4 is 5.32 Å². The molecule has 2 aliphatic rings. The molecule has 17 heavy (non-hydrogen) atoms. The smallest absolute Gasteiger partial charge is 0.240 e. The number of nitrogens with zero attached hydrogens (tertiary/aromatic N) is 1. The largest absolute Gasteiger partial charge is 0.351 e. The third-order valence-electron chi connectivity index (χ3n) is 4.41. The van der Waals surface area contributed by atoms with E-state index in [1.165, 1.54) is 25.7 Å². The van der Waals surface area contributed by atoms with E-state index in [2.05, 4.69) is 11.4 Å². The van der Waals surface area contributed by atoms with Gasteiger partial charge in [-0.25, -0.2) is 0 Å². The summed E-state index contributed by atoms with van der Waals surface area (Å²) in [6.45, 7) is 3.85. The molecule has 0 saturated heterocycles. The monoisotopic (exact) mass is 234 g/mol. The molecule has 0 bridgehead atoms. The average Bonchev–Trinajstić information content (AvgIpc) is 3.19. The number of nitriles is 1. The molecule has 0 unspecified atom stereocenters. The summed E-state index contributed by atoms with van der Waals surface area (Å²) in [6, 6.07) is 2.58. The highest BCUT2D eigenvalue weighted by Gasteiger charge is 2.45. The molecule has 94 valence electrons. The van der Waals surface area contributed by atoms with E-state index >= 15 is 0 Å². The van der Waals surface area contributed by atoms with Crippen molar-refractivity contribution in [1.29, 1.82) is 5.26 Å². The average molecular weight is 234 g/mol. The van der Waals surface area contributed by atoms with E-state index in [9.17, 15) is 10.1 Å². The quantitative estimate of drug-likeness (QED) is 0.768. The van der Waals surface area contributed by atoms with E-state index in [-0.39, 0.29) is 5.91 Å². The molecule has 2 saturated carbocycles. The van der Waals surface area contributed by atoms with E-state index in [0.29, 0.717) is 30.7 Å². The van der Waals surface area contributed by atoms with Crippen LogP contribution in [0.4, 0.5) is 0 Å². The zero-order valence-corrected chi connectivity index (χ0v) is 10.8. The van der Waals surface area contributed by atoms with Crippen LogP contribution in [0.1, 0.15) is 52.4 Å². The standard InChI is InChI=1S/C14H22N2O/c1-3-14(4-2,9-15)13(17)16-12(10-5-6-10)11-7-8-11/h10-12H,3-8H2,1-2H3,(H,16,17). The van der Waals surface area contributed by atoms with Gasteiger partial charge in [0.2, 0.25) is 5.91 Å². The normalized spacial score (nSPS) is 20.1. The third-order valence-corrected chi connectivity index (χ3v) is 4.41. The maximum absolute atomic E-state index is 12.3. The Balaban J connectivity index is 2.01. The van der Waals surface area contributed by atoms with E-state index in [4.69, 9.17) is 0 Å². The van der Waals surface area contributed by atoms with Crippen molar-refractivity contribution in [3.63, 3.8) is 0 Å². The molecule has 0 aromatic carbocycles. The molecule has 1 N–H and O–H groups in total. The summed E-state index contributed by atoms with van der Waals surface area (Å²) >= 11 is 0. The van der Waals surface area contributed by atoms with Gasteiger partial charge in [0.05, 0.1) is 6.07 Å². The Kier molecular flexibility index (Phi) is 3.42. The molecule has 0 aromatic heterocycles. The molecule has 0 heterocycles. The van der Waals surface area contributed by atoms with Gasteiger partial charge in [-0.3, -0.25) is 4.79 Å². The Bertz CT molecular complexity index is 321. The fraction of sp³-hybridized carbons (Fsp3) is 0.857. The van der Waals surface area contributed by atoms with Crippen molar-refractivity contribution < 1.29 is 4.79 Å². The van der Waals surface area contributed by atoms with Crippen molar-refractivity contribution in [3.05, 3.63) is 0 Å². The second kappa shape index (κ2) is 4.68. The first kappa shape index (κ1) is 12.4. The van der Waals surface area contributed by atoms with Crippen LogP contribution in [0.25, 0.3) is 0 Å². The summed E-state index contributed by atoms with van der Waals surface area (Å²) in [5.41, 5.74) is -0.804. The zero-order chi connectivity index (χ0) is 12.5. The number of hydrogen-bond acceptors (Lipinski definition) is 2. The maximum atomic E-state index is 12.3. The summed E-state index contributed by atoms with van der Waals surface area (Å²) in [4.78, 5) is 12.3. The molecule has 0 spiro atoms. The molecule has 1 amide bonds. The van der Waals surface area contributed by atoms with E-state index in [1.807, 2.05) is 13.8 Å². The van der Waals surface area contributed by atoms with Gasteiger partial charge in [-0.15, -0.1) is 0 Å². The Morgan fingerprint density at radius 2 is 1.76 bits per heavy atom. The van der Waals surface area contributed by atoms with Gasteiger partial charge in [0.25, 0.3) is 0 Å². The lowest BCUT2D eigenvalue weighted by Gasteiger charge is -2.26. The van der Waals surface area contributed by atoms with Crippen LogP contribution in [0.2, 0.25) is 0 Å². The summed E-state index contributed by atoms with van der Waals surface area (Å²) in [5, 5.41) is 12.4. The maximum Gasteiger partial charge on any atom is 0.240 e. The second-order valence-electron chi connectivity index (χ2n) is 5.58. The van der Waals surface area contributed by atoms with Gasteiger partial charge in [-0.2, -0.15) is 5.26 Å². The minimum absolute atomic E-state index is 0.0335. The predicted octanol–water partition coefficient (Wildman–Crippen LogP) is 2.62. The molecule has 3 nitrogen and oxygen atoms in total. The van der Waals surface area contributed by atoms with Crippen molar-refractivity contribution >= 4 is 5.91 Å². The fourth-order valence-electron chi connectivity index (χ4n) is 2.60. The molecule has 0 atom stereocenters. The first-order valence-corrected chi connectivity index (χ1v) is 6.89. The minimum atomic E-state index is -0.804. The van der Waals surface area contributed by atoms with Gasteiger partial charge in [-0.05, 0) is 50.4 Å². The van der Waals surface area contributed by atoms with Crippen molar-refractivity contribution in [2.45, 2.75) is 58.4 Å². The molecule has 2 rings (SSSR count). The van der Waals surface area contributed by atoms with E-state index in [0.717, 1.165) is 0 Å². The first-order chi connectivity index (χ1) is 8.16. The van der Waals surface area contributed by atoms with Crippen molar-refractivity contribution in [2.24, 2.45) is 17.3 Å². The van der Waals surface area contributed by atoms with E-state index in [1.54, 1.807) is 0 Å². The summed E-state index contributed by atoms with van der Waals surface area (Å²) < 4.78 is 0. The summed E-state index contributed by atoms with van der Waals surface area (Å²) in [5.74, 6) is 1.35. The molecule has 3 heteroatoms. The lowest BCUT2D eigenvalue weighted by atomic mass is 9.82. The lowest BCUT2D eigenvalue weighted by Crippen LogP contribution is -2.46. The third kappa shape index (κ3) is 2.46. The molecule has 2 aliphatic carbocycles. The van der Waals surface area contributed by atoms with Crippen LogP contribution in [-0.2, 0) is 4.79 Å². The van der Waals surface area contributed by atoms with Gasteiger partial charge >= 0.3 is 0 Å². The van der Waals surface area contributed by atoms with Crippen LogP contribution in [0.3, 0.4) is 0 Å². The van der Waals surface area contributed by atoms with Crippen LogP contribution >= 0.6 is 0 Å². The van der Waals surface area contributed by atoms with Crippen molar-refractivity contribution in [2.75, 3.05) is 0 Å². The molecule has 0 radical (unpaired) electrons. The van der Waals surface area contributed by atoms with Gasteiger partial charge in [0, 0.05) is 6.04 Å². The highest BCUT2D eigenvalue weighted by atomic mass is 16.2. The van der Waals surface area contributed by atoms with Crippen LogP contribution in [0.5, 0.6) is 0 Å². The summed E-state index contributed by atoms with van der Waals surface area (Å²) in [7, 11) is 0. The van der Waals surface area contributed by atoms with Gasteiger partial charge in [0.1, 0.15) is 5.41 Å². The number of carbonyl (C=O) groups excluding carboxylic acids is 1. The molecule has 0 aliphatic heterocycles. The van der Waals surface area contributed by atoms with Gasteiger partial charge in [0.15, 0.2) is 0 Å². The number of rotatable bonds is 6. The van der Waals surface area contributed by atoms with Gasteiger partial charge in [-0.1, -0.05) is 13.8 Å². The van der Waals surface area contributed by atoms with Crippen LogP contribution in [0.15, 0.2) is 0 Å². The first-order valence-electron chi connectivity index (χ1n) is 6.89. The van der Waals surface area contributed by atoms with Crippen molar-refractivity contribution in [3.8, 4) is 6.07 Å². The van der Waals surface area contributed by atoms with E-state index < -0.39 is 5.41 Å². The Morgan fingerprint density at radius 1 is 1.29 bits per heavy atom. The second-order valence-corrected chi connectivity index (χ2v) is 5.58. The Hall–Kier alpha value is -1.04. The molecular formula is C14H22N2O. The van der Waals surface area contributed by atoms with Crippen LogP contribution in [0, 0.1) is 28.6 Å². The zero-order valence-electron chi connectivity index (χ0n) is 10.8. The number of amides is 1. The number of hydrogen-bond donors (Lipinski definition) is 1. The van der Waals surface area contributed by atoms with Crippen LogP contribution in [-0.4, -0.2) is 11.9 Å². The van der Waals surface area contributed by atoms with Gasteiger partial charge < -0.3 is 5.32 Å². The Morgan fingerprint density at radius 3 is 2.06 bits per heavy atom. The SMILES string of the molecule is CCC(C#N)(CC)C(=O)NC(C1CC1)C1CC1. The summed E-state index contributed by atoms with van der Waals surface area (Å²) in [6.07, 6.45) is 6.21. The Labute approximate surface area is 104 Å². The topological polar surface area (TPSA) is 52.9 Å². The lowest BCUT2D eigenvalue weighted by molar-refractivity contribution is -0.129. The number of carbonyl (C=O) groups is 1. The minimum Gasteiger partial charge on any atom is -0.351 e. The highest BCUT2D eigenvalue weighted by Crippen LogP contribution is 2.45. The molecule has 2 fully saturated rings. The fourth-order valence-corrected chi connectivity index (χ4v) is 2.60.